The molecule has 27 heavy (non-hydrogen) atoms. The lowest BCUT2D eigenvalue weighted by Crippen LogP contribution is -2.58. The Bertz CT molecular complexity index is 389. The molecule has 160 valence electrons. The van der Waals surface area contributed by atoms with Gasteiger partial charge in [-0.1, -0.05) is 25.7 Å². The van der Waals surface area contributed by atoms with Crippen LogP contribution in [0.25, 0.3) is 0 Å². The molecule has 0 saturated carbocycles. The van der Waals surface area contributed by atoms with Crippen molar-refractivity contribution >= 4 is 18.6 Å². The highest BCUT2D eigenvalue weighted by Gasteiger charge is 2.30. The number of unbranched alkanes of at least 4 members (excludes halogenated alkanes) is 2. The van der Waals surface area contributed by atoms with Crippen LogP contribution >= 0.6 is 0 Å². The molecule has 2 fully saturated rings. The van der Waals surface area contributed by atoms with Crippen LogP contribution in [0.2, 0.25) is 18.3 Å². The maximum atomic E-state index is 5.82. The molecule has 1 unspecified atom stereocenters. The number of hydrogen-bond acceptors (Lipinski definition) is 5. The van der Waals surface area contributed by atoms with Gasteiger partial charge < -0.3 is 14.2 Å². The minimum absolute atomic E-state index is 0.670. The molecular weight excluding hydrogens is 368 g/mol. The molecule has 0 N–H and O–H groups in total. The summed E-state index contributed by atoms with van der Waals surface area (Å²) in [5.74, 6) is 0. The van der Waals surface area contributed by atoms with E-state index in [1.165, 1.54) is 94.7 Å². The summed E-state index contributed by atoms with van der Waals surface area (Å²) in [5, 5.41) is 0.897. The summed E-state index contributed by atoms with van der Waals surface area (Å²) in [6, 6.07) is 0. The highest BCUT2D eigenvalue weighted by Crippen LogP contribution is 2.26. The Morgan fingerprint density at radius 1 is 0.778 bits per heavy atom. The van der Waals surface area contributed by atoms with Gasteiger partial charge in [-0.3, -0.25) is 9.80 Å². The minimum atomic E-state index is -1.39. The van der Waals surface area contributed by atoms with Crippen LogP contribution in [0.1, 0.15) is 32.1 Å². The average molecular weight is 415 g/mol. The van der Waals surface area contributed by atoms with Gasteiger partial charge in [0.15, 0.2) is 8.32 Å². The third kappa shape index (κ3) is 7.53. The van der Waals surface area contributed by atoms with Crippen LogP contribution in [0, 0.1) is 0 Å². The number of likely N-dealkylation sites (N-methyl/N-ethyl adjacent to an activating group) is 2. The highest BCUT2D eigenvalue weighted by atomic mass is 28.4. The number of nitrogens with zero attached hydrogens (tertiary/aromatic N) is 4. The Kier molecular flexibility index (Phi) is 9.95. The average Bonchev–Trinajstić information content (AvgIpc) is 2.66. The Morgan fingerprint density at radius 3 is 1.67 bits per heavy atom. The maximum absolute atomic E-state index is 5.82. The lowest BCUT2D eigenvalue weighted by Gasteiger charge is -2.46. The fraction of sp³-hybridized carbons (Fsp3) is 1.00. The second kappa shape index (κ2) is 11.4. The monoisotopic (exact) mass is 414 g/mol. The Labute approximate surface area is 172 Å². The first-order valence-corrected chi connectivity index (χ1v) is 15.4. The molecule has 7 heteroatoms. The summed E-state index contributed by atoms with van der Waals surface area (Å²) >= 11 is 0. The number of hydrogen-bond donors (Lipinski definition) is 0. The molecule has 0 bridgehead atoms. The van der Waals surface area contributed by atoms with Gasteiger partial charge in [-0.15, -0.1) is 0 Å². The van der Waals surface area contributed by atoms with Gasteiger partial charge in [-0.05, 0) is 38.8 Å². The molecule has 2 saturated heterocycles. The lowest BCUT2D eigenvalue weighted by molar-refractivity contribution is -0.0142. The van der Waals surface area contributed by atoms with E-state index in [9.17, 15) is 0 Å². The predicted octanol–water partition coefficient (Wildman–Crippen LogP) is 1.30. The van der Waals surface area contributed by atoms with E-state index in [1.807, 2.05) is 7.11 Å². The molecule has 0 aliphatic carbocycles. The van der Waals surface area contributed by atoms with Gasteiger partial charge in [0.05, 0.1) is 6.17 Å². The molecule has 0 aromatic rings. The van der Waals surface area contributed by atoms with E-state index in [-0.39, 0.29) is 0 Å². The van der Waals surface area contributed by atoms with Crippen LogP contribution in [0.3, 0.4) is 0 Å². The van der Waals surface area contributed by atoms with Gasteiger partial charge in [-0.25, -0.2) is 0 Å². The second-order valence-electron chi connectivity index (χ2n) is 9.51. The van der Waals surface area contributed by atoms with Crippen LogP contribution in [0.15, 0.2) is 0 Å². The van der Waals surface area contributed by atoms with Crippen molar-refractivity contribution in [3.05, 3.63) is 0 Å². The highest BCUT2D eigenvalue weighted by molar-refractivity contribution is 6.78. The largest absolute Gasteiger partial charge is 0.421 e. The molecule has 2 aliphatic rings. The minimum Gasteiger partial charge on any atom is -0.421 e. The molecule has 0 radical (unpaired) electrons. The smallest absolute Gasteiger partial charge is 0.185 e. The van der Waals surface area contributed by atoms with Gasteiger partial charge in [0.2, 0.25) is 0 Å². The first-order valence-electron chi connectivity index (χ1n) is 11.2. The lowest BCUT2D eigenvalue weighted by atomic mass is 10.1. The molecular formula is C20H46N4OSi2. The summed E-state index contributed by atoms with van der Waals surface area (Å²) in [7, 11) is 6.34. The van der Waals surface area contributed by atoms with E-state index in [4.69, 9.17) is 4.43 Å². The van der Waals surface area contributed by atoms with Gasteiger partial charge >= 0.3 is 0 Å². The third-order valence-electron chi connectivity index (χ3n) is 7.23. The van der Waals surface area contributed by atoms with Crippen molar-refractivity contribution in [3.63, 3.8) is 0 Å². The summed E-state index contributed by atoms with van der Waals surface area (Å²) in [4.78, 5) is 10.5. The normalized spacial score (nSPS) is 23.3. The van der Waals surface area contributed by atoms with Crippen molar-refractivity contribution in [1.82, 2.24) is 19.6 Å². The van der Waals surface area contributed by atoms with E-state index in [2.05, 4.69) is 46.8 Å². The van der Waals surface area contributed by atoms with Crippen LogP contribution in [-0.4, -0.2) is 118 Å². The van der Waals surface area contributed by atoms with Crippen LogP contribution in [0.4, 0.5) is 0 Å². The molecule has 2 heterocycles. The molecule has 1 atom stereocenters. The molecule has 0 amide bonds. The standard InChI is InChI=1S/C20H46N4OSi2/c1-21-11-15-23(16-12-21)19(24-17-13-22(2)14-18-24)9-7-6-8-10-20(26)27(4,5)25-3/h19-20H,6-18H2,1-5,26H3. The topological polar surface area (TPSA) is 22.2 Å². The van der Waals surface area contributed by atoms with Crippen molar-refractivity contribution in [3.8, 4) is 0 Å². The van der Waals surface area contributed by atoms with Gasteiger partial charge in [0, 0.05) is 69.7 Å². The molecule has 0 spiro atoms. The van der Waals surface area contributed by atoms with E-state index < -0.39 is 8.32 Å². The number of piperazine rings is 2. The van der Waals surface area contributed by atoms with E-state index in [0.29, 0.717) is 6.17 Å². The fourth-order valence-electron chi connectivity index (χ4n) is 4.34. The summed E-state index contributed by atoms with van der Waals surface area (Å²) in [6.07, 6.45) is 7.59. The van der Waals surface area contributed by atoms with Crippen molar-refractivity contribution in [2.24, 2.45) is 0 Å². The molecule has 0 aromatic heterocycles. The molecule has 2 rings (SSSR count). The van der Waals surface area contributed by atoms with Crippen LogP contribution in [-0.2, 0) is 4.43 Å². The van der Waals surface area contributed by atoms with Gasteiger partial charge in [0.25, 0.3) is 0 Å². The SMILES string of the molecule is CO[Si](C)(C)C([SiH3])CCCCCC(N1CCN(C)CC1)N1CCN(C)CC1. The molecule has 5 nitrogen and oxygen atoms in total. The summed E-state index contributed by atoms with van der Waals surface area (Å²) in [6.45, 7) is 14.6. The first-order chi connectivity index (χ1) is 12.8. The Hall–Kier alpha value is 0.234. The molecule has 2 aliphatic heterocycles. The zero-order valence-corrected chi connectivity index (χ0v) is 22.0. The summed E-state index contributed by atoms with van der Waals surface area (Å²) < 4.78 is 5.82. The first kappa shape index (κ1) is 23.5. The Morgan fingerprint density at radius 2 is 1.22 bits per heavy atom. The third-order valence-corrected chi connectivity index (χ3v) is 15.7. The zero-order valence-electron chi connectivity index (χ0n) is 19.0. The van der Waals surface area contributed by atoms with Crippen molar-refractivity contribution in [1.29, 1.82) is 0 Å². The van der Waals surface area contributed by atoms with Crippen molar-refractivity contribution in [2.45, 2.75) is 56.5 Å². The quantitative estimate of drug-likeness (QED) is 0.396. The zero-order chi connectivity index (χ0) is 19.9. The fourth-order valence-corrected chi connectivity index (χ4v) is 6.76. The second-order valence-corrected chi connectivity index (χ2v) is 16.7. The van der Waals surface area contributed by atoms with Crippen LogP contribution < -0.4 is 0 Å². The van der Waals surface area contributed by atoms with Gasteiger partial charge in [-0.2, -0.15) is 0 Å². The van der Waals surface area contributed by atoms with E-state index >= 15 is 0 Å². The molecule has 0 aromatic carbocycles. The summed E-state index contributed by atoms with van der Waals surface area (Å²) in [5.41, 5.74) is 0. The number of rotatable bonds is 10. The van der Waals surface area contributed by atoms with Crippen LogP contribution in [0.5, 0.6) is 0 Å². The van der Waals surface area contributed by atoms with Crippen molar-refractivity contribution < 1.29 is 4.43 Å². The Balaban J connectivity index is 1.78. The van der Waals surface area contributed by atoms with Gasteiger partial charge in [0.1, 0.15) is 0 Å². The van der Waals surface area contributed by atoms with Crippen molar-refractivity contribution in [2.75, 3.05) is 73.6 Å². The van der Waals surface area contributed by atoms with E-state index in [0.717, 1.165) is 5.16 Å². The maximum Gasteiger partial charge on any atom is 0.185 e. The van der Waals surface area contributed by atoms with E-state index in [1.54, 1.807) is 0 Å². The predicted molar refractivity (Wildman–Crippen MR) is 123 cm³/mol.